The Morgan fingerprint density at radius 1 is 1.10 bits per heavy atom. The molecular formula is C23H23N7O. The molecule has 5 rings (SSSR count). The number of nitrogens with one attached hydrogen (secondary N) is 1. The number of hydrogen-bond acceptors (Lipinski definition) is 6. The number of para-hydroxylation sites is 1. The highest BCUT2D eigenvalue weighted by Crippen LogP contribution is 2.27. The summed E-state index contributed by atoms with van der Waals surface area (Å²) < 4.78 is 1.73. The van der Waals surface area contributed by atoms with Crippen LogP contribution in [0.2, 0.25) is 0 Å². The zero-order valence-corrected chi connectivity index (χ0v) is 17.0. The van der Waals surface area contributed by atoms with Crippen LogP contribution in [-0.2, 0) is 0 Å². The zero-order valence-electron chi connectivity index (χ0n) is 17.0. The molecule has 4 aromatic rings. The molecule has 3 N–H and O–H groups in total. The van der Waals surface area contributed by atoms with Crippen LogP contribution in [0.3, 0.4) is 0 Å². The van der Waals surface area contributed by atoms with E-state index < -0.39 is 0 Å². The summed E-state index contributed by atoms with van der Waals surface area (Å²) in [7, 11) is 0. The predicted molar refractivity (Wildman–Crippen MR) is 120 cm³/mol. The van der Waals surface area contributed by atoms with E-state index in [9.17, 15) is 4.79 Å². The third kappa shape index (κ3) is 3.85. The van der Waals surface area contributed by atoms with E-state index in [1.807, 2.05) is 42.5 Å². The van der Waals surface area contributed by atoms with Gasteiger partial charge in [-0.3, -0.25) is 9.78 Å². The summed E-state index contributed by atoms with van der Waals surface area (Å²) in [5, 5.41) is 8.41. The van der Waals surface area contributed by atoms with Gasteiger partial charge in [-0.05, 0) is 37.1 Å². The standard InChI is InChI=1S/C23H23N7O/c24-17-6-4-12-29(15-17)21-10-11-25-14-19(21)28-23(31)18-7-3-9-22(27-18)30-20-8-2-1-5-16(20)13-26-30/h1-3,5,7-11,13-14,17H,4,6,12,15,24H2,(H,28,31)/t17-/m0/s1. The zero-order chi connectivity index (χ0) is 21.2. The molecule has 4 heterocycles. The van der Waals surface area contributed by atoms with Crippen molar-refractivity contribution >= 4 is 28.2 Å². The van der Waals surface area contributed by atoms with Gasteiger partial charge in [-0.2, -0.15) is 5.10 Å². The van der Waals surface area contributed by atoms with Crippen molar-refractivity contribution < 1.29 is 4.79 Å². The molecule has 1 saturated heterocycles. The molecule has 8 nitrogen and oxygen atoms in total. The first-order valence-electron chi connectivity index (χ1n) is 10.3. The van der Waals surface area contributed by atoms with E-state index in [0.29, 0.717) is 17.2 Å². The molecule has 31 heavy (non-hydrogen) atoms. The van der Waals surface area contributed by atoms with Crippen LogP contribution in [0.5, 0.6) is 0 Å². The predicted octanol–water partition coefficient (Wildman–Crippen LogP) is 3.00. The summed E-state index contributed by atoms with van der Waals surface area (Å²) in [5.41, 5.74) is 8.96. The van der Waals surface area contributed by atoms with Crippen LogP contribution >= 0.6 is 0 Å². The van der Waals surface area contributed by atoms with E-state index >= 15 is 0 Å². The fourth-order valence-electron chi connectivity index (χ4n) is 4.00. The summed E-state index contributed by atoms with van der Waals surface area (Å²) in [5.74, 6) is 0.288. The molecule has 1 atom stereocenters. The van der Waals surface area contributed by atoms with Crippen molar-refractivity contribution in [3.05, 3.63) is 72.8 Å². The molecule has 0 unspecified atom stereocenters. The first-order valence-corrected chi connectivity index (χ1v) is 10.3. The maximum absolute atomic E-state index is 13.0. The van der Waals surface area contributed by atoms with E-state index in [4.69, 9.17) is 5.73 Å². The molecule has 1 aliphatic rings. The lowest BCUT2D eigenvalue weighted by Gasteiger charge is -2.33. The van der Waals surface area contributed by atoms with E-state index in [0.717, 1.165) is 42.5 Å². The lowest BCUT2D eigenvalue weighted by Crippen LogP contribution is -2.43. The van der Waals surface area contributed by atoms with E-state index in [1.54, 1.807) is 29.3 Å². The highest BCUT2D eigenvalue weighted by molar-refractivity contribution is 6.04. The monoisotopic (exact) mass is 413 g/mol. The van der Waals surface area contributed by atoms with Crippen LogP contribution in [0.1, 0.15) is 23.3 Å². The summed E-state index contributed by atoms with van der Waals surface area (Å²) in [4.78, 5) is 24.0. The number of hydrogen-bond donors (Lipinski definition) is 2. The maximum atomic E-state index is 13.0. The number of aromatic nitrogens is 4. The van der Waals surface area contributed by atoms with E-state index in [-0.39, 0.29) is 11.9 Å². The largest absolute Gasteiger partial charge is 0.368 e. The molecular weight excluding hydrogens is 390 g/mol. The van der Waals surface area contributed by atoms with Gasteiger partial charge in [-0.25, -0.2) is 9.67 Å². The van der Waals surface area contributed by atoms with Gasteiger partial charge in [0.05, 0.1) is 29.3 Å². The number of piperidine rings is 1. The number of rotatable bonds is 4. The van der Waals surface area contributed by atoms with Crippen LogP contribution in [0.25, 0.3) is 16.7 Å². The quantitative estimate of drug-likeness (QED) is 0.533. The van der Waals surface area contributed by atoms with Crippen molar-refractivity contribution in [2.75, 3.05) is 23.3 Å². The number of carbonyl (C=O) groups is 1. The Morgan fingerprint density at radius 3 is 2.90 bits per heavy atom. The van der Waals surface area contributed by atoms with Gasteiger partial charge < -0.3 is 16.0 Å². The van der Waals surface area contributed by atoms with Crippen molar-refractivity contribution in [1.82, 2.24) is 19.7 Å². The molecule has 0 bridgehead atoms. The Labute approximate surface area is 179 Å². The second-order valence-corrected chi connectivity index (χ2v) is 7.69. The topological polar surface area (TPSA) is 102 Å². The molecule has 156 valence electrons. The van der Waals surface area contributed by atoms with Gasteiger partial charge in [0.1, 0.15) is 5.69 Å². The number of pyridine rings is 2. The van der Waals surface area contributed by atoms with Crippen molar-refractivity contribution in [2.45, 2.75) is 18.9 Å². The molecule has 3 aromatic heterocycles. The van der Waals surface area contributed by atoms with Crippen molar-refractivity contribution in [3.63, 3.8) is 0 Å². The van der Waals surface area contributed by atoms with Crippen LogP contribution in [0.4, 0.5) is 11.4 Å². The molecule has 1 aliphatic heterocycles. The maximum Gasteiger partial charge on any atom is 0.274 e. The van der Waals surface area contributed by atoms with Crippen LogP contribution in [0.15, 0.2) is 67.1 Å². The fourth-order valence-corrected chi connectivity index (χ4v) is 4.00. The number of amides is 1. The minimum Gasteiger partial charge on any atom is -0.368 e. The summed E-state index contributed by atoms with van der Waals surface area (Å²) >= 11 is 0. The molecule has 0 aliphatic carbocycles. The smallest absolute Gasteiger partial charge is 0.274 e. The van der Waals surface area contributed by atoms with Crippen molar-refractivity contribution in [1.29, 1.82) is 0 Å². The fraction of sp³-hybridized carbons (Fsp3) is 0.217. The van der Waals surface area contributed by atoms with Gasteiger partial charge in [0.25, 0.3) is 5.91 Å². The minimum atomic E-state index is -0.297. The van der Waals surface area contributed by atoms with Gasteiger partial charge in [0.15, 0.2) is 5.82 Å². The second kappa shape index (κ2) is 8.16. The Bertz CT molecular complexity index is 1240. The Balaban J connectivity index is 1.42. The lowest BCUT2D eigenvalue weighted by molar-refractivity contribution is 0.102. The molecule has 8 heteroatoms. The molecule has 1 aromatic carbocycles. The highest BCUT2D eigenvalue weighted by Gasteiger charge is 2.21. The number of carbonyl (C=O) groups excluding carboxylic acids is 1. The van der Waals surface area contributed by atoms with E-state index in [1.165, 1.54) is 0 Å². The summed E-state index contributed by atoms with van der Waals surface area (Å²) in [6.07, 6.45) is 7.22. The first-order chi connectivity index (χ1) is 15.2. The van der Waals surface area contributed by atoms with Crippen LogP contribution in [0, 0.1) is 0 Å². The van der Waals surface area contributed by atoms with E-state index in [2.05, 4.69) is 25.3 Å². The Hall–Kier alpha value is -3.78. The molecule has 0 spiro atoms. The van der Waals surface area contributed by atoms with Gasteiger partial charge in [-0.15, -0.1) is 0 Å². The highest BCUT2D eigenvalue weighted by atomic mass is 16.1. The normalized spacial score (nSPS) is 16.4. The Morgan fingerprint density at radius 2 is 2.00 bits per heavy atom. The first kappa shape index (κ1) is 19.2. The average Bonchev–Trinajstić information content (AvgIpc) is 3.24. The minimum absolute atomic E-state index is 0.132. The van der Waals surface area contributed by atoms with Gasteiger partial charge in [0.2, 0.25) is 0 Å². The summed E-state index contributed by atoms with van der Waals surface area (Å²) in [6, 6.07) is 15.3. The van der Waals surface area contributed by atoms with Crippen LogP contribution in [-0.4, -0.2) is 44.8 Å². The lowest BCUT2D eigenvalue weighted by atomic mass is 10.1. The second-order valence-electron chi connectivity index (χ2n) is 7.69. The number of fused-ring (bicyclic) bond motifs is 1. The summed E-state index contributed by atoms with van der Waals surface area (Å²) in [6.45, 7) is 1.66. The third-order valence-electron chi connectivity index (χ3n) is 5.51. The molecule has 1 fully saturated rings. The van der Waals surface area contributed by atoms with Crippen molar-refractivity contribution in [2.24, 2.45) is 5.73 Å². The molecule has 0 saturated carbocycles. The molecule has 0 radical (unpaired) electrons. The van der Waals surface area contributed by atoms with Crippen LogP contribution < -0.4 is 16.0 Å². The average molecular weight is 413 g/mol. The SMILES string of the molecule is N[C@H]1CCCN(c2ccncc2NC(=O)c2cccc(-n3ncc4ccccc43)n2)C1. The number of nitrogens with zero attached hydrogens (tertiary/aromatic N) is 5. The molecule has 1 amide bonds. The number of benzene rings is 1. The van der Waals surface area contributed by atoms with Crippen molar-refractivity contribution in [3.8, 4) is 5.82 Å². The van der Waals surface area contributed by atoms with Gasteiger partial charge >= 0.3 is 0 Å². The number of anilines is 2. The Kier molecular flexibility index (Phi) is 5.05. The number of nitrogens with two attached hydrogens (primary N) is 1. The van der Waals surface area contributed by atoms with Gasteiger partial charge in [-0.1, -0.05) is 24.3 Å². The third-order valence-corrected chi connectivity index (χ3v) is 5.51. The van der Waals surface area contributed by atoms with Gasteiger partial charge in [0, 0.05) is 30.7 Å².